The molecular formula is C16H19NO2. The molecule has 0 bridgehead atoms. The normalized spacial score (nSPS) is 11.9. The molecule has 0 aliphatic carbocycles. The lowest BCUT2D eigenvalue weighted by atomic mass is 10.1. The van der Waals surface area contributed by atoms with Crippen molar-refractivity contribution in [2.24, 2.45) is 0 Å². The van der Waals surface area contributed by atoms with Gasteiger partial charge in [0, 0.05) is 12.2 Å². The van der Waals surface area contributed by atoms with E-state index in [0.29, 0.717) is 6.42 Å². The van der Waals surface area contributed by atoms with Crippen molar-refractivity contribution in [1.82, 2.24) is 0 Å². The molecule has 0 aliphatic rings. The van der Waals surface area contributed by atoms with Gasteiger partial charge in [-0.05, 0) is 36.2 Å². The lowest BCUT2D eigenvalue weighted by Crippen LogP contribution is -2.07. The number of aliphatic hydroxyl groups excluding tert-OH is 1. The van der Waals surface area contributed by atoms with Crippen molar-refractivity contribution in [2.75, 3.05) is 19.0 Å². The van der Waals surface area contributed by atoms with E-state index in [2.05, 4.69) is 5.32 Å². The van der Waals surface area contributed by atoms with Gasteiger partial charge >= 0.3 is 0 Å². The summed E-state index contributed by atoms with van der Waals surface area (Å²) in [5.74, 6) is 0.804. The summed E-state index contributed by atoms with van der Waals surface area (Å²) in [6.45, 7) is 0.733. The van der Waals surface area contributed by atoms with Crippen LogP contribution >= 0.6 is 0 Å². The lowest BCUT2D eigenvalue weighted by Gasteiger charge is -2.12. The van der Waals surface area contributed by atoms with Gasteiger partial charge in [0.15, 0.2) is 0 Å². The molecule has 0 heterocycles. The van der Waals surface area contributed by atoms with Crippen molar-refractivity contribution >= 4 is 5.69 Å². The molecule has 0 fully saturated rings. The SMILES string of the molecule is COc1ccc([C@H](O)CCNc2ccccc2)cc1. The number of rotatable bonds is 6. The van der Waals surface area contributed by atoms with Gasteiger partial charge in [0.25, 0.3) is 0 Å². The Balaban J connectivity index is 1.82. The van der Waals surface area contributed by atoms with Gasteiger partial charge in [-0.25, -0.2) is 0 Å². The number of anilines is 1. The van der Waals surface area contributed by atoms with Crippen LogP contribution in [0.3, 0.4) is 0 Å². The van der Waals surface area contributed by atoms with E-state index in [1.54, 1.807) is 7.11 Å². The first-order valence-corrected chi connectivity index (χ1v) is 6.40. The fourth-order valence-corrected chi connectivity index (χ4v) is 1.90. The quantitative estimate of drug-likeness (QED) is 0.834. The molecule has 2 N–H and O–H groups in total. The van der Waals surface area contributed by atoms with Crippen molar-refractivity contribution in [1.29, 1.82) is 0 Å². The Kier molecular flexibility index (Phi) is 4.81. The standard InChI is InChI=1S/C16H19NO2/c1-19-15-9-7-13(8-10-15)16(18)11-12-17-14-5-3-2-4-6-14/h2-10,16-18H,11-12H2,1H3/t16-/m1/s1. The predicted octanol–water partition coefficient (Wildman–Crippen LogP) is 3.23. The predicted molar refractivity (Wildman–Crippen MR) is 77.5 cm³/mol. The van der Waals surface area contributed by atoms with Crippen molar-refractivity contribution in [3.63, 3.8) is 0 Å². The van der Waals surface area contributed by atoms with Crippen molar-refractivity contribution < 1.29 is 9.84 Å². The maximum Gasteiger partial charge on any atom is 0.118 e. The Bertz CT molecular complexity index is 482. The Morgan fingerprint density at radius 1 is 1.05 bits per heavy atom. The second-order valence-corrected chi connectivity index (χ2v) is 4.37. The molecule has 1 atom stereocenters. The molecular weight excluding hydrogens is 238 g/mol. The second kappa shape index (κ2) is 6.81. The van der Waals surface area contributed by atoms with Gasteiger partial charge in [-0.1, -0.05) is 30.3 Å². The maximum atomic E-state index is 10.1. The zero-order valence-corrected chi connectivity index (χ0v) is 11.0. The highest BCUT2D eigenvalue weighted by Gasteiger charge is 2.07. The number of aliphatic hydroxyl groups is 1. The Morgan fingerprint density at radius 2 is 1.74 bits per heavy atom. The summed E-state index contributed by atoms with van der Waals surface area (Å²) in [5, 5.41) is 13.4. The molecule has 2 aromatic rings. The highest BCUT2D eigenvalue weighted by molar-refractivity contribution is 5.42. The molecule has 0 aliphatic heterocycles. The van der Waals surface area contributed by atoms with Gasteiger partial charge in [0.05, 0.1) is 13.2 Å². The Hall–Kier alpha value is -2.00. The number of hydrogen-bond donors (Lipinski definition) is 2. The van der Waals surface area contributed by atoms with E-state index in [1.165, 1.54) is 0 Å². The van der Waals surface area contributed by atoms with Gasteiger partial charge < -0.3 is 15.2 Å². The lowest BCUT2D eigenvalue weighted by molar-refractivity contribution is 0.171. The number of methoxy groups -OCH3 is 1. The van der Waals surface area contributed by atoms with Crippen LogP contribution < -0.4 is 10.1 Å². The number of benzene rings is 2. The highest BCUT2D eigenvalue weighted by Crippen LogP contribution is 2.20. The minimum Gasteiger partial charge on any atom is -0.497 e. The second-order valence-electron chi connectivity index (χ2n) is 4.37. The van der Waals surface area contributed by atoms with Gasteiger partial charge in [-0.3, -0.25) is 0 Å². The summed E-state index contributed by atoms with van der Waals surface area (Å²) in [6, 6.07) is 17.5. The summed E-state index contributed by atoms with van der Waals surface area (Å²) in [4.78, 5) is 0. The Labute approximate surface area is 113 Å². The van der Waals surface area contributed by atoms with E-state index in [-0.39, 0.29) is 0 Å². The molecule has 3 nitrogen and oxygen atoms in total. The molecule has 0 saturated heterocycles. The summed E-state index contributed by atoms with van der Waals surface area (Å²) < 4.78 is 5.09. The van der Waals surface area contributed by atoms with Crippen LogP contribution in [0.1, 0.15) is 18.1 Å². The summed E-state index contributed by atoms with van der Waals surface area (Å²) in [5.41, 5.74) is 1.99. The molecule has 100 valence electrons. The van der Waals surface area contributed by atoms with Crippen molar-refractivity contribution in [2.45, 2.75) is 12.5 Å². The topological polar surface area (TPSA) is 41.5 Å². The molecule has 0 radical (unpaired) electrons. The molecule has 0 saturated carbocycles. The number of hydrogen-bond acceptors (Lipinski definition) is 3. The number of ether oxygens (including phenoxy) is 1. The van der Waals surface area contributed by atoms with Gasteiger partial charge in [0.2, 0.25) is 0 Å². The average Bonchev–Trinajstić information content (AvgIpc) is 2.48. The van der Waals surface area contributed by atoms with Crippen molar-refractivity contribution in [3.05, 3.63) is 60.2 Å². The third-order valence-corrected chi connectivity index (χ3v) is 3.02. The molecule has 2 rings (SSSR count). The van der Waals surface area contributed by atoms with Gasteiger partial charge in [-0.2, -0.15) is 0 Å². The highest BCUT2D eigenvalue weighted by atomic mass is 16.5. The fourth-order valence-electron chi connectivity index (χ4n) is 1.90. The smallest absolute Gasteiger partial charge is 0.118 e. The van der Waals surface area contributed by atoms with Crippen LogP contribution in [0.2, 0.25) is 0 Å². The van der Waals surface area contributed by atoms with Crippen LogP contribution in [0.15, 0.2) is 54.6 Å². The van der Waals surface area contributed by atoms with Gasteiger partial charge in [-0.15, -0.1) is 0 Å². The molecule has 0 aromatic heterocycles. The number of para-hydroxylation sites is 1. The third kappa shape index (κ3) is 4.00. The summed E-state index contributed by atoms with van der Waals surface area (Å²) >= 11 is 0. The molecule has 2 aromatic carbocycles. The van der Waals surface area contributed by atoms with E-state index in [1.807, 2.05) is 54.6 Å². The molecule has 19 heavy (non-hydrogen) atoms. The van der Waals surface area contributed by atoms with E-state index < -0.39 is 6.10 Å². The summed E-state index contributed by atoms with van der Waals surface area (Å²) in [6.07, 6.45) is 0.212. The first-order chi connectivity index (χ1) is 9.29. The van der Waals surface area contributed by atoms with E-state index in [4.69, 9.17) is 4.74 Å². The maximum absolute atomic E-state index is 10.1. The first kappa shape index (κ1) is 13.4. The average molecular weight is 257 g/mol. The Morgan fingerprint density at radius 3 is 2.37 bits per heavy atom. The summed E-state index contributed by atoms with van der Waals surface area (Å²) in [7, 11) is 1.63. The van der Waals surface area contributed by atoms with E-state index >= 15 is 0 Å². The largest absolute Gasteiger partial charge is 0.497 e. The molecule has 0 unspecified atom stereocenters. The van der Waals surface area contributed by atoms with Crippen LogP contribution in [-0.4, -0.2) is 18.8 Å². The monoisotopic (exact) mass is 257 g/mol. The third-order valence-electron chi connectivity index (χ3n) is 3.02. The van der Waals surface area contributed by atoms with Gasteiger partial charge in [0.1, 0.15) is 5.75 Å². The van der Waals surface area contributed by atoms with Crippen LogP contribution in [0.4, 0.5) is 5.69 Å². The zero-order chi connectivity index (χ0) is 13.5. The van der Waals surface area contributed by atoms with Crippen molar-refractivity contribution in [3.8, 4) is 5.75 Å². The zero-order valence-electron chi connectivity index (χ0n) is 11.0. The minimum absolute atomic E-state index is 0.456. The fraction of sp³-hybridized carbons (Fsp3) is 0.250. The van der Waals surface area contributed by atoms with Crippen LogP contribution in [0.5, 0.6) is 5.75 Å². The molecule has 3 heteroatoms. The number of nitrogens with one attached hydrogen (secondary N) is 1. The molecule has 0 spiro atoms. The van der Waals surface area contributed by atoms with Crippen LogP contribution in [0.25, 0.3) is 0 Å². The minimum atomic E-state index is -0.456. The van der Waals surface area contributed by atoms with E-state index in [0.717, 1.165) is 23.5 Å². The van der Waals surface area contributed by atoms with E-state index in [9.17, 15) is 5.11 Å². The first-order valence-electron chi connectivity index (χ1n) is 6.40. The molecule has 0 amide bonds. The van der Waals surface area contributed by atoms with Crippen LogP contribution in [-0.2, 0) is 0 Å². The van der Waals surface area contributed by atoms with Crippen LogP contribution in [0, 0.1) is 0 Å².